The standard InChI is InChI=1S/C43H68O15/c1-21-29(46)30(47)32(49)36(56-21)58-34-25(19-54-22(2)44)57-35(33(50)31(34)48)55-20-40(5)26-10-13-42(7)27(39(26,4)12-11-28(40)45)9-8-23-24-18-38(3,53)14-16-43(24,37(51)52)17-15-41(23,42)6/h8,21,24-36,45-50,53H,9-20H2,1-7H3,(H,51,52)/t21-,24-,25-,26-,27-,28+,29-,30+,31-,32-,33-,34-,35-,36+,38-,39+,40-,41-,42-,43-/m0/s1. The van der Waals surface area contributed by atoms with E-state index >= 15 is 0 Å². The number of aliphatic hydroxyl groups is 7. The van der Waals surface area contributed by atoms with Crippen LogP contribution in [0.2, 0.25) is 0 Å². The number of fused-ring (bicyclic) bond motifs is 7. The van der Waals surface area contributed by atoms with Gasteiger partial charge in [0.05, 0.1) is 29.8 Å². The second-order valence-electron chi connectivity index (χ2n) is 20.5. The van der Waals surface area contributed by atoms with Crippen molar-refractivity contribution in [3.63, 3.8) is 0 Å². The van der Waals surface area contributed by atoms with Gasteiger partial charge in [-0.15, -0.1) is 0 Å². The van der Waals surface area contributed by atoms with Crippen LogP contribution in [-0.2, 0) is 33.3 Å². The molecule has 20 atom stereocenters. The van der Waals surface area contributed by atoms with Crippen LogP contribution in [0.3, 0.4) is 0 Å². The molecule has 0 aromatic heterocycles. The Hall–Kier alpha value is -1.76. The van der Waals surface area contributed by atoms with E-state index in [-0.39, 0.29) is 40.6 Å². The molecule has 6 fully saturated rings. The average molecular weight is 825 g/mol. The van der Waals surface area contributed by atoms with Crippen LogP contribution in [0.15, 0.2) is 11.6 Å². The third-order valence-corrected chi connectivity index (χ3v) is 17.3. The number of rotatable bonds is 8. The number of carboxylic acids is 1. The van der Waals surface area contributed by atoms with Gasteiger partial charge in [0.25, 0.3) is 0 Å². The molecule has 2 aliphatic heterocycles. The zero-order chi connectivity index (χ0) is 42.5. The first-order chi connectivity index (χ1) is 27.0. The molecule has 0 amide bonds. The summed E-state index contributed by atoms with van der Waals surface area (Å²) < 4.78 is 29.2. The van der Waals surface area contributed by atoms with Crippen molar-refractivity contribution in [1.29, 1.82) is 0 Å². The van der Waals surface area contributed by atoms with Gasteiger partial charge in [-0.2, -0.15) is 0 Å². The van der Waals surface area contributed by atoms with Gasteiger partial charge in [-0.1, -0.05) is 39.3 Å². The summed E-state index contributed by atoms with van der Waals surface area (Å²) in [4.78, 5) is 24.9. The van der Waals surface area contributed by atoms with E-state index in [0.717, 1.165) is 32.1 Å². The van der Waals surface area contributed by atoms with Gasteiger partial charge in [-0.3, -0.25) is 9.59 Å². The fraction of sp³-hybridized carbons (Fsp3) is 0.907. The Morgan fingerprint density at radius 2 is 1.48 bits per heavy atom. The van der Waals surface area contributed by atoms with Gasteiger partial charge in [0, 0.05) is 12.3 Å². The minimum atomic E-state index is -1.70. The first-order valence-electron chi connectivity index (χ1n) is 21.4. The van der Waals surface area contributed by atoms with Crippen molar-refractivity contribution in [2.45, 2.75) is 186 Å². The predicted octanol–water partition coefficient (Wildman–Crippen LogP) is 2.18. The molecule has 15 nitrogen and oxygen atoms in total. The first-order valence-corrected chi connectivity index (χ1v) is 21.4. The Kier molecular flexibility index (Phi) is 11.6. The van der Waals surface area contributed by atoms with Crippen molar-refractivity contribution in [1.82, 2.24) is 0 Å². The zero-order valence-corrected chi connectivity index (χ0v) is 35.1. The van der Waals surface area contributed by atoms with Crippen molar-refractivity contribution >= 4 is 11.9 Å². The van der Waals surface area contributed by atoms with Crippen LogP contribution in [-0.4, -0.2) is 139 Å². The maximum atomic E-state index is 13.0. The summed E-state index contributed by atoms with van der Waals surface area (Å²) in [5.41, 5.74) is -2.09. The number of carbonyl (C=O) groups excluding carboxylic acids is 1. The van der Waals surface area contributed by atoms with E-state index < -0.39 is 102 Å². The van der Waals surface area contributed by atoms with E-state index in [1.807, 2.05) is 13.8 Å². The molecular formula is C43H68O15. The molecule has 58 heavy (non-hydrogen) atoms. The number of carbonyl (C=O) groups is 2. The van der Waals surface area contributed by atoms with E-state index in [0.29, 0.717) is 32.1 Å². The van der Waals surface area contributed by atoms with E-state index in [1.165, 1.54) is 19.4 Å². The maximum absolute atomic E-state index is 13.0. The van der Waals surface area contributed by atoms with Gasteiger partial charge < -0.3 is 64.5 Å². The number of ether oxygens (including phenoxy) is 5. The lowest BCUT2D eigenvalue weighted by Crippen LogP contribution is -2.67. The topological polar surface area (TPSA) is 242 Å². The zero-order valence-electron chi connectivity index (χ0n) is 35.1. The highest BCUT2D eigenvalue weighted by Crippen LogP contribution is 2.75. The SMILES string of the molecule is CC(=O)OC[C@@H]1O[C@H](OC[C@@]2(C)[C@H]3CC[C@@]4(C)[C@@H](CC=C5[C@@H]6C[C@@](C)(O)CC[C@]6(C(=O)O)CC[C@@]54C)[C@]3(C)CC[C@H]2O)[C@@H](O)[C@H](O)[C@H]1O[C@H]1O[C@@H](C)[C@H](O)[C@@H](O)[C@@H]1O. The van der Waals surface area contributed by atoms with Gasteiger partial charge in [-0.05, 0) is 112 Å². The lowest BCUT2D eigenvalue weighted by atomic mass is 9.33. The van der Waals surface area contributed by atoms with Crippen LogP contribution in [0.4, 0.5) is 0 Å². The molecule has 15 heteroatoms. The average Bonchev–Trinajstić information content (AvgIpc) is 3.15. The van der Waals surface area contributed by atoms with Gasteiger partial charge in [0.2, 0.25) is 0 Å². The second kappa shape index (κ2) is 15.2. The van der Waals surface area contributed by atoms with Crippen molar-refractivity contribution in [3.05, 3.63) is 11.6 Å². The number of allylic oxidation sites excluding steroid dienone is 2. The number of aliphatic hydroxyl groups excluding tert-OH is 6. The van der Waals surface area contributed by atoms with Gasteiger partial charge in [-0.25, -0.2) is 0 Å². The van der Waals surface area contributed by atoms with Gasteiger partial charge >= 0.3 is 11.9 Å². The molecule has 2 saturated heterocycles. The largest absolute Gasteiger partial charge is 0.481 e. The Bertz CT molecular complexity index is 1600. The lowest BCUT2D eigenvalue weighted by Gasteiger charge is -2.71. The number of hydrogen-bond donors (Lipinski definition) is 8. The summed E-state index contributed by atoms with van der Waals surface area (Å²) in [5, 5.41) is 87.6. The fourth-order valence-corrected chi connectivity index (χ4v) is 13.5. The Labute approximate surface area is 341 Å². The quantitative estimate of drug-likeness (QED) is 0.129. The highest BCUT2D eigenvalue weighted by Gasteiger charge is 2.70. The van der Waals surface area contributed by atoms with Crippen LogP contribution in [0, 0.1) is 44.8 Å². The van der Waals surface area contributed by atoms with E-state index in [2.05, 4.69) is 26.8 Å². The molecule has 5 aliphatic carbocycles. The molecular weight excluding hydrogens is 756 g/mol. The number of esters is 1. The first kappa shape index (κ1) is 44.3. The molecule has 330 valence electrons. The molecule has 7 aliphatic rings. The van der Waals surface area contributed by atoms with Gasteiger partial charge in [0.1, 0.15) is 49.3 Å². The third-order valence-electron chi connectivity index (χ3n) is 17.3. The number of hydrogen-bond acceptors (Lipinski definition) is 14. The Balaban J connectivity index is 1.11. The minimum Gasteiger partial charge on any atom is -0.481 e. The van der Waals surface area contributed by atoms with Crippen molar-refractivity contribution in [2.24, 2.45) is 44.8 Å². The summed E-state index contributed by atoms with van der Waals surface area (Å²) in [6.07, 6.45) is -6.61. The molecule has 2 heterocycles. The summed E-state index contributed by atoms with van der Waals surface area (Å²) in [7, 11) is 0. The van der Waals surface area contributed by atoms with E-state index in [1.54, 1.807) is 0 Å². The lowest BCUT2D eigenvalue weighted by molar-refractivity contribution is -0.360. The van der Waals surface area contributed by atoms with Crippen LogP contribution < -0.4 is 0 Å². The summed E-state index contributed by atoms with van der Waals surface area (Å²) in [5.74, 6) is -1.43. The predicted molar refractivity (Wildman–Crippen MR) is 204 cm³/mol. The second-order valence-corrected chi connectivity index (χ2v) is 20.5. The maximum Gasteiger partial charge on any atom is 0.310 e. The third kappa shape index (κ3) is 6.81. The van der Waals surface area contributed by atoms with Crippen LogP contribution in [0.25, 0.3) is 0 Å². The van der Waals surface area contributed by atoms with Crippen LogP contribution in [0.1, 0.15) is 113 Å². The summed E-state index contributed by atoms with van der Waals surface area (Å²) in [6, 6.07) is 0. The van der Waals surface area contributed by atoms with Crippen molar-refractivity contribution in [2.75, 3.05) is 13.2 Å². The molecule has 7 rings (SSSR count). The van der Waals surface area contributed by atoms with E-state index in [4.69, 9.17) is 23.7 Å². The normalized spacial score (nSPS) is 54.2. The van der Waals surface area contributed by atoms with Gasteiger partial charge in [0.15, 0.2) is 12.6 Å². The molecule has 4 saturated carbocycles. The Morgan fingerprint density at radius 1 is 0.810 bits per heavy atom. The molecule has 0 unspecified atom stereocenters. The molecule has 0 aromatic rings. The van der Waals surface area contributed by atoms with Crippen molar-refractivity contribution < 1.29 is 74.1 Å². The highest BCUT2D eigenvalue weighted by atomic mass is 16.7. The molecule has 8 N–H and O–H groups in total. The smallest absolute Gasteiger partial charge is 0.310 e. The highest BCUT2D eigenvalue weighted by molar-refractivity contribution is 5.76. The number of carboxylic acid groups (broad SMARTS) is 1. The Morgan fingerprint density at radius 3 is 2.16 bits per heavy atom. The monoisotopic (exact) mass is 824 g/mol. The fourth-order valence-electron chi connectivity index (χ4n) is 13.5. The number of aliphatic carboxylic acids is 1. The molecule has 0 bridgehead atoms. The van der Waals surface area contributed by atoms with Crippen LogP contribution >= 0.6 is 0 Å². The summed E-state index contributed by atoms with van der Waals surface area (Å²) >= 11 is 0. The molecule has 0 spiro atoms. The molecule has 0 aromatic carbocycles. The van der Waals surface area contributed by atoms with Crippen LogP contribution in [0.5, 0.6) is 0 Å². The molecule has 0 radical (unpaired) electrons. The van der Waals surface area contributed by atoms with Crippen molar-refractivity contribution in [3.8, 4) is 0 Å². The minimum absolute atomic E-state index is 0.00947. The van der Waals surface area contributed by atoms with E-state index in [9.17, 15) is 50.4 Å². The summed E-state index contributed by atoms with van der Waals surface area (Å²) in [6.45, 7) is 13.1.